The van der Waals surface area contributed by atoms with Gasteiger partial charge in [0.25, 0.3) is 0 Å². The van der Waals surface area contributed by atoms with E-state index in [4.69, 9.17) is 0 Å². The van der Waals surface area contributed by atoms with Crippen molar-refractivity contribution >= 4 is 17.5 Å². The van der Waals surface area contributed by atoms with E-state index < -0.39 is 6.04 Å². The van der Waals surface area contributed by atoms with Crippen LogP contribution in [0.3, 0.4) is 0 Å². The minimum atomic E-state index is -0.486. The van der Waals surface area contributed by atoms with E-state index in [1.54, 1.807) is 0 Å². The predicted octanol–water partition coefficient (Wildman–Crippen LogP) is 0.908. The van der Waals surface area contributed by atoms with Gasteiger partial charge in [-0.1, -0.05) is 0 Å². The van der Waals surface area contributed by atoms with Crippen LogP contribution in [0, 0.1) is 13.8 Å². The third kappa shape index (κ3) is 2.10. The summed E-state index contributed by atoms with van der Waals surface area (Å²) in [7, 11) is 0. The topological polar surface area (TPSA) is 76.0 Å². The number of aromatic nitrogens is 2. The Bertz CT molecular complexity index is 504. The van der Waals surface area contributed by atoms with Crippen LogP contribution in [0.25, 0.3) is 0 Å². The number of hydrogen-bond donors (Lipinski definition) is 2. The highest BCUT2D eigenvalue weighted by Gasteiger charge is 2.31. The first-order chi connectivity index (χ1) is 8.40. The molecule has 6 nitrogen and oxygen atoms in total. The van der Waals surface area contributed by atoms with Crippen LogP contribution in [-0.4, -0.2) is 27.6 Å². The van der Waals surface area contributed by atoms with Gasteiger partial charge >= 0.3 is 0 Å². The minimum Gasteiger partial charge on any atom is -0.370 e. The lowest BCUT2D eigenvalue weighted by atomic mass is 10.2. The number of amides is 2. The standard InChI is InChI=1S/C12H18N4O2/c1-6(2)16-8(4)11(7(3)15-16)13-9-5-10(17)14-12(9)18/h6,9,13H,5H2,1-4H3,(H,14,17,18). The molecular formula is C12H18N4O2. The van der Waals surface area contributed by atoms with Crippen molar-refractivity contribution in [2.24, 2.45) is 0 Å². The van der Waals surface area contributed by atoms with E-state index in [1.165, 1.54) is 0 Å². The highest BCUT2D eigenvalue weighted by molar-refractivity contribution is 6.06. The number of anilines is 1. The van der Waals surface area contributed by atoms with Crippen LogP contribution in [0.15, 0.2) is 0 Å². The summed E-state index contributed by atoms with van der Waals surface area (Å²) in [5.41, 5.74) is 2.67. The Morgan fingerprint density at radius 2 is 2.06 bits per heavy atom. The molecule has 1 aliphatic rings. The summed E-state index contributed by atoms with van der Waals surface area (Å²) < 4.78 is 1.91. The Morgan fingerprint density at radius 3 is 2.50 bits per heavy atom. The van der Waals surface area contributed by atoms with Gasteiger partial charge in [-0.15, -0.1) is 0 Å². The lowest BCUT2D eigenvalue weighted by Crippen LogP contribution is -2.30. The second kappa shape index (κ2) is 4.44. The zero-order valence-electron chi connectivity index (χ0n) is 11.1. The van der Waals surface area contributed by atoms with Crippen LogP contribution >= 0.6 is 0 Å². The number of nitrogens with one attached hydrogen (secondary N) is 2. The van der Waals surface area contributed by atoms with Gasteiger partial charge in [0.15, 0.2) is 0 Å². The molecule has 0 saturated carbocycles. The molecule has 1 aromatic rings. The first-order valence-electron chi connectivity index (χ1n) is 6.06. The molecule has 2 rings (SSSR count). The summed E-state index contributed by atoms with van der Waals surface area (Å²) >= 11 is 0. The van der Waals surface area contributed by atoms with Gasteiger partial charge in [0.05, 0.1) is 23.5 Å². The number of aryl methyl sites for hydroxylation is 1. The zero-order valence-corrected chi connectivity index (χ0v) is 11.1. The molecule has 0 spiro atoms. The Balaban J connectivity index is 2.24. The first kappa shape index (κ1) is 12.6. The van der Waals surface area contributed by atoms with Gasteiger partial charge in [-0.3, -0.25) is 19.6 Å². The van der Waals surface area contributed by atoms with Gasteiger partial charge in [-0.2, -0.15) is 5.10 Å². The van der Waals surface area contributed by atoms with Gasteiger partial charge in [-0.05, 0) is 27.7 Å². The van der Waals surface area contributed by atoms with Crippen molar-refractivity contribution in [2.75, 3.05) is 5.32 Å². The van der Waals surface area contributed by atoms with Gasteiger partial charge < -0.3 is 5.32 Å². The normalized spacial score (nSPS) is 19.5. The number of rotatable bonds is 3. The van der Waals surface area contributed by atoms with Crippen LogP contribution in [0.1, 0.15) is 37.7 Å². The van der Waals surface area contributed by atoms with Crippen LogP contribution < -0.4 is 10.6 Å². The number of carbonyl (C=O) groups is 2. The maximum Gasteiger partial charge on any atom is 0.249 e. The molecule has 0 bridgehead atoms. The molecule has 2 amide bonds. The molecule has 1 fully saturated rings. The fourth-order valence-corrected chi connectivity index (χ4v) is 2.22. The maximum atomic E-state index is 11.5. The van der Waals surface area contributed by atoms with Crippen LogP contribution in [0.2, 0.25) is 0 Å². The molecular weight excluding hydrogens is 232 g/mol. The minimum absolute atomic E-state index is 0.185. The Kier molecular flexibility index (Phi) is 3.11. The van der Waals surface area contributed by atoms with Crippen LogP contribution in [0.5, 0.6) is 0 Å². The largest absolute Gasteiger partial charge is 0.370 e. The number of hydrogen-bond acceptors (Lipinski definition) is 4. The smallest absolute Gasteiger partial charge is 0.249 e. The molecule has 1 aliphatic heterocycles. The van der Waals surface area contributed by atoms with Crippen LogP contribution in [0.4, 0.5) is 5.69 Å². The van der Waals surface area contributed by atoms with Crippen molar-refractivity contribution in [3.05, 3.63) is 11.4 Å². The van der Waals surface area contributed by atoms with Crippen molar-refractivity contribution < 1.29 is 9.59 Å². The highest BCUT2D eigenvalue weighted by atomic mass is 16.2. The molecule has 0 aromatic carbocycles. The second-order valence-electron chi connectivity index (χ2n) is 4.90. The van der Waals surface area contributed by atoms with E-state index >= 15 is 0 Å². The summed E-state index contributed by atoms with van der Waals surface area (Å²) in [5, 5.41) is 9.84. The van der Waals surface area contributed by atoms with Gasteiger partial charge in [0.1, 0.15) is 6.04 Å². The Morgan fingerprint density at radius 1 is 1.39 bits per heavy atom. The number of imide groups is 1. The van der Waals surface area contributed by atoms with E-state index in [2.05, 4.69) is 29.6 Å². The summed E-state index contributed by atoms with van der Waals surface area (Å²) in [6.07, 6.45) is 0.185. The van der Waals surface area contributed by atoms with Gasteiger partial charge in [0, 0.05) is 6.04 Å². The van der Waals surface area contributed by atoms with Crippen molar-refractivity contribution in [2.45, 2.75) is 46.2 Å². The van der Waals surface area contributed by atoms with Gasteiger partial charge in [-0.25, -0.2) is 0 Å². The quantitative estimate of drug-likeness (QED) is 0.782. The van der Waals surface area contributed by atoms with E-state index in [0.717, 1.165) is 17.1 Å². The summed E-state index contributed by atoms with van der Waals surface area (Å²) in [6, 6.07) is -0.224. The first-order valence-corrected chi connectivity index (χ1v) is 6.06. The fourth-order valence-electron chi connectivity index (χ4n) is 2.22. The third-order valence-electron chi connectivity index (χ3n) is 3.10. The van der Waals surface area contributed by atoms with E-state index in [0.29, 0.717) is 0 Å². The van der Waals surface area contributed by atoms with Gasteiger partial charge in [0.2, 0.25) is 11.8 Å². The zero-order chi connectivity index (χ0) is 13.4. The third-order valence-corrected chi connectivity index (χ3v) is 3.10. The average molecular weight is 250 g/mol. The number of nitrogens with zero attached hydrogens (tertiary/aromatic N) is 2. The molecule has 2 N–H and O–H groups in total. The molecule has 1 unspecified atom stereocenters. The van der Waals surface area contributed by atoms with Crippen molar-refractivity contribution in [1.82, 2.24) is 15.1 Å². The number of carbonyl (C=O) groups excluding carboxylic acids is 2. The van der Waals surface area contributed by atoms with Crippen molar-refractivity contribution in [3.8, 4) is 0 Å². The Hall–Kier alpha value is -1.85. The molecule has 1 atom stereocenters. The monoisotopic (exact) mass is 250 g/mol. The molecule has 1 aromatic heterocycles. The lowest BCUT2D eigenvalue weighted by molar-refractivity contribution is -0.124. The summed E-state index contributed by atoms with van der Waals surface area (Å²) in [6.45, 7) is 7.95. The molecule has 2 heterocycles. The molecule has 18 heavy (non-hydrogen) atoms. The van der Waals surface area contributed by atoms with E-state index in [-0.39, 0.29) is 24.3 Å². The molecule has 0 radical (unpaired) electrons. The SMILES string of the molecule is Cc1nn(C(C)C)c(C)c1NC1CC(=O)NC1=O. The Labute approximate surface area is 106 Å². The molecule has 6 heteroatoms. The summed E-state index contributed by atoms with van der Waals surface area (Å²) in [4.78, 5) is 22.7. The second-order valence-corrected chi connectivity index (χ2v) is 4.90. The molecule has 0 aliphatic carbocycles. The van der Waals surface area contributed by atoms with Crippen LogP contribution in [-0.2, 0) is 9.59 Å². The lowest BCUT2D eigenvalue weighted by Gasteiger charge is -2.12. The maximum absolute atomic E-state index is 11.5. The highest BCUT2D eigenvalue weighted by Crippen LogP contribution is 2.24. The molecule has 1 saturated heterocycles. The van der Waals surface area contributed by atoms with E-state index in [9.17, 15) is 9.59 Å². The molecule has 98 valence electrons. The average Bonchev–Trinajstić information content (AvgIpc) is 2.72. The van der Waals surface area contributed by atoms with E-state index in [1.807, 2.05) is 18.5 Å². The summed E-state index contributed by atoms with van der Waals surface area (Å²) in [5.74, 6) is -0.500. The predicted molar refractivity (Wildman–Crippen MR) is 67.3 cm³/mol. The van der Waals surface area contributed by atoms with Crippen molar-refractivity contribution in [1.29, 1.82) is 0 Å². The van der Waals surface area contributed by atoms with Crippen molar-refractivity contribution in [3.63, 3.8) is 0 Å². The fraction of sp³-hybridized carbons (Fsp3) is 0.583.